The van der Waals surface area contributed by atoms with Crippen LogP contribution in [0.25, 0.3) is 11.0 Å². The minimum Gasteiger partial charge on any atom is -0.261 e. The van der Waals surface area contributed by atoms with Crippen LogP contribution in [0.15, 0.2) is 72.2 Å². The monoisotopic (exact) mass is 373 g/mol. The Morgan fingerprint density at radius 1 is 1.11 bits per heavy atom. The molecular formula is C19H15N7O2. The second-order valence-electron chi connectivity index (χ2n) is 5.97. The Morgan fingerprint density at radius 3 is 2.64 bits per heavy atom. The van der Waals surface area contributed by atoms with E-state index in [1.54, 1.807) is 29.2 Å². The lowest BCUT2D eigenvalue weighted by Gasteiger charge is -2.04. The topological polar surface area (TPSA) is 111 Å². The third-order valence-electron chi connectivity index (χ3n) is 4.10. The summed E-state index contributed by atoms with van der Waals surface area (Å²) >= 11 is 0. The first kappa shape index (κ1) is 17.3. The molecule has 1 N–H and O–H groups in total. The molecule has 2 aromatic heterocycles. The van der Waals surface area contributed by atoms with Gasteiger partial charge in [-0.15, -0.1) is 0 Å². The number of rotatable bonds is 6. The first-order valence-electron chi connectivity index (χ1n) is 8.45. The van der Waals surface area contributed by atoms with E-state index < -0.39 is 4.92 Å². The van der Waals surface area contributed by atoms with Crippen LogP contribution < -0.4 is 5.43 Å². The van der Waals surface area contributed by atoms with Crippen LogP contribution in [-0.4, -0.2) is 30.9 Å². The quantitative estimate of drug-likeness (QED) is 0.315. The van der Waals surface area contributed by atoms with E-state index in [9.17, 15) is 10.1 Å². The zero-order valence-electron chi connectivity index (χ0n) is 14.6. The van der Waals surface area contributed by atoms with E-state index in [4.69, 9.17) is 0 Å². The van der Waals surface area contributed by atoms with Gasteiger partial charge in [0.15, 0.2) is 11.5 Å². The van der Waals surface area contributed by atoms with Crippen LogP contribution >= 0.6 is 0 Å². The number of hydrogen-bond donors (Lipinski definition) is 1. The van der Waals surface area contributed by atoms with E-state index in [2.05, 4.69) is 25.6 Å². The largest absolute Gasteiger partial charge is 0.269 e. The number of fused-ring (bicyclic) bond motifs is 1. The van der Waals surface area contributed by atoms with Crippen molar-refractivity contribution in [2.24, 2.45) is 5.10 Å². The van der Waals surface area contributed by atoms with E-state index in [-0.39, 0.29) is 5.69 Å². The number of anilines is 1. The summed E-state index contributed by atoms with van der Waals surface area (Å²) in [4.78, 5) is 18.8. The summed E-state index contributed by atoms with van der Waals surface area (Å²) in [6, 6.07) is 16.1. The summed E-state index contributed by atoms with van der Waals surface area (Å²) in [5, 5.41) is 20.0. The second-order valence-corrected chi connectivity index (χ2v) is 5.97. The summed E-state index contributed by atoms with van der Waals surface area (Å²) in [5.41, 5.74) is 5.47. The molecule has 138 valence electrons. The first-order valence-corrected chi connectivity index (χ1v) is 8.45. The molecule has 4 rings (SSSR count). The van der Waals surface area contributed by atoms with Gasteiger partial charge in [-0.3, -0.25) is 15.5 Å². The molecule has 0 bridgehead atoms. The number of benzene rings is 2. The molecule has 0 aliphatic carbocycles. The Bertz CT molecular complexity index is 1140. The molecule has 4 aromatic rings. The molecule has 0 radical (unpaired) electrons. The van der Waals surface area contributed by atoms with Gasteiger partial charge in [-0.05, 0) is 23.3 Å². The molecule has 0 unspecified atom stereocenters. The molecule has 0 saturated carbocycles. The summed E-state index contributed by atoms with van der Waals surface area (Å²) < 4.78 is 1.80. The normalized spacial score (nSPS) is 11.1. The average Bonchev–Trinajstić information content (AvgIpc) is 3.13. The Labute approximate surface area is 159 Å². The van der Waals surface area contributed by atoms with Gasteiger partial charge in [0.2, 0.25) is 0 Å². The van der Waals surface area contributed by atoms with Crippen molar-refractivity contribution in [3.05, 3.63) is 88.4 Å². The summed E-state index contributed by atoms with van der Waals surface area (Å²) in [6.45, 7) is 0.604. The molecule has 0 amide bonds. The Balaban J connectivity index is 1.52. The fraction of sp³-hybridized carbons (Fsp3) is 0.0526. The third-order valence-corrected chi connectivity index (χ3v) is 4.10. The highest BCUT2D eigenvalue weighted by Gasteiger charge is 2.09. The van der Waals surface area contributed by atoms with Crippen LogP contribution in [0.2, 0.25) is 0 Å². The van der Waals surface area contributed by atoms with Crippen molar-refractivity contribution in [1.29, 1.82) is 0 Å². The third kappa shape index (κ3) is 3.68. The van der Waals surface area contributed by atoms with Gasteiger partial charge < -0.3 is 0 Å². The van der Waals surface area contributed by atoms with Crippen molar-refractivity contribution < 1.29 is 4.92 Å². The van der Waals surface area contributed by atoms with Gasteiger partial charge in [0, 0.05) is 12.1 Å². The highest BCUT2D eigenvalue weighted by atomic mass is 16.6. The van der Waals surface area contributed by atoms with Gasteiger partial charge in [0.05, 0.1) is 29.3 Å². The lowest BCUT2D eigenvalue weighted by Crippen LogP contribution is -2.03. The van der Waals surface area contributed by atoms with Crippen molar-refractivity contribution in [2.75, 3.05) is 5.43 Å². The van der Waals surface area contributed by atoms with E-state index in [0.717, 1.165) is 16.5 Å². The SMILES string of the molecule is O=[N+]([O-])c1ccc(/C=N/Nc2ncnc3c2cnn3Cc2ccccc2)cc1. The summed E-state index contributed by atoms with van der Waals surface area (Å²) in [7, 11) is 0. The summed E-state index contributed by atoms with van der Waals surface area (Å²) in [6.07, 6.45) is 4.71. The second kappa shape index (κ2) is 7.62. The Morgan fingerprint density at radius 2 is 1.89 bits per heavy atom. The molecule has 2 heterocycles. The van der Waals surface area contributed by atoms with Crippen LogP contribution in [0.5, 0.6) is 0 Å². The van der Waals surface area contributed by atoms with E-state index >= 15 is 0 Å². The smallest absolute Gasteiger partial charge is 0.261 e. The fourth-order valence-electron chi connectivity index (χ4n) is 2.70. The van der Waals surface area contributed by atoms with Gasteiger partial charge in [-0.1, -0.05) is 30.3 Å². The van der Waals surface area contributed by atoms with Crippen LogP contribution in [0.1, 0.15) is 11.1 Å². The molecular weight excluding hydrogens is 358 g/mol. The van der Waals surface area contributed by atoms with Crippen LogP contribution in [0, 0.1) is 10.1 Å². The van der Waals surface area contributed by atoms with E-state index in [1.807, 2.05) is 30.3 Å². The average molecular weight is 373 g/mol. The predicted octanol–water partition coefficient (Wildman–Crippen LogP) is 3.23. The minimum atomic E-state index is -0.441. The molecule has 9 nitrogen and oxygen atoms in total. The zero-order chi connectivity index (χ0) is 19.3. The maximum atomic E-state index is 10.7. The number of non-ortho nitro benzene ring substituents is 1. The predicted molar refractivity (Wildman–Crippen MR) is 105 cm³/mol. The molecule has 9 heteroatoms. The maximum absolute atomic E-state index is 10.7. The molecule has 0 fully saturated rings. The highest BCUT2D eigenvalue weighted by Crippen LogP contribution is 2.19. The number of nitro benzene ring substituents is 1. The lowest BCUT2D eigenvalue weighted by atomic mass is 10.2. The van der Waals surface area contributed by atoms with Crippen LogP contribution in [0.3, 0.4) is 0 Å². The van der Waals surface area contributed by atoms with Crippen molar-refractivity contribution >= 4 is 28.8 Å². The van der Waals surface area contributed by atoms with E-state index in [0.29, 0.717) is 18.0 Å². The molecule has 0 spiro atoms. The van der Waals surface area contributed by atoms with Gasteiger partial charge in [0.25, 0.3) is 5.69 Å². The minimum absolute atomic E-state index is 0.0356. The summed E-state index contributed by atoms with van der Waals surface area (Å²) in [5.74, 6) is 0.530. The molecule has 2 aromatic carbocycles. The molecule has 0 atom stereocenters. The zero-order valence-corrected chi connectivity index (χ0v) is 14.6. The van der Waals surface area contributed by atoms with Gasteiger partial charge in [0.1, 0.15) is 6.33 Å². The van der Waals surface area contributed by atoms with Crippen molar-refractivity contribution in [1.82, 2.24) is 19.7 Å². The van der Waals surface area contributed by atoms with Gasteiger partial charge in [-0.2, -0.15) is 10.2 Å². The molecule has 0 aliphatic heterocycles. The van der Waals surface area contributed by atoms with Gasteiger partial charge in [-0.25, -0.2) is 14.6 Å². The van der Waals surface area contributed by atoms with Gasteiger partial charge >= 0.3 is 0 Å². The van der Waals surface area contributed by atoms with Crippen LogP contribution in [-0.2, 0) is 6.54 Å². The fourth-order valence-corrected chi connectivity index (χ4v) is 2.70. The molecule has 28 heavy (non-hydrogen) atoms. The number of nitro groups is 1. The van der Waals surface area contributed by atoms with E-state index in [1.165, 1.54) is 18.5 Å². The first-order chi connectivity index (χ1) is 13.7. The number of hydrogen-bond acceptors (Lipinski definition) is 7. The number of hydrazone groups is 1. The maximum Gasteiger partial charge on any atom is 0.269 e. The lowest BCUT2D eigenvalue weighted by molar-refractivity contribution is -0.384. The van der Waals surface area contributed by atoms with Crippen LogP contribution in [0.4, 0.5) is 11.5 Å². The number of nitrogens with zero attached hydrogens (tertiary/aromatic N) is 6. The van der Waals surface area contributed by atoms with Crippen molar-refractivity contribution in [3.63, 3.8) is 0 Å². The number of aromatic nitrogens is 4. The molecule has 0 aliphatic rings. The molecule has 0 saturated heterocycles. The Kier molecular flexibility index (Phi) is 4.70. The standard InChI is InChI=1S/C19H15N7O2/c27-26(28)16-8-6-14(7-9-16)10-22-24-18-17-11-23-25(19(17)21-13-20-18)12-15-4-2-1-3-5-15/h1-11,13H,12H2,(H,20,21,24)/b22-10+. The Hall–Kier alpha value is -4.14. The highest BCUT2D eigenvalue weighted by molar-refractivity contribution is 5.87. The van der Waals surface area contributed by atoms with Crippen molar-refractivity contribution in [2.45, 2.75) is 6.54 Å². The number of nitrogens with one attached hydrogen (secondary N) is 1. The van der Waals surface area contributed by atoms with Crippen molar-refractivity contribution in [3.8, 4) is 0 Å².